The first kappa shape index (κ1) is 9.09. The van der Waals surface area contributed by atoms with Gasteiger partial charge >= 0.3 is 0 Å². The van der Waals surface area contributed by atoms with Crippen molar-refractivity contribution >= 4 is 18.3 Å². The molecule has 6 heavy (non-hydrogen) atoms. The molecule has 0 unspecified atom stereocenters. The Labute approximate surface area is 42.4 Å². The molecule has 0 saturated carbocycles. The van der Waals surface area contributed by atoms with Gasteiger partial charge in [-0.1, -0.05) is 6.58 Å². The highest BCUT2D eigenvalue weighted by Crippen LogP contribution is 1.48. The predicted octanol–water partition coefficient (Wildman–Crippen LogP) is 0.0795. The third-order valence-corrected chi connectivity index (χ3v) is 0.201. The van der Waals surface area contributed by atoms with Gasteiger partial charge in [-0.3, -0.25) is 4.79 Å². The lowest BCUT2D eigenvalue weighted by Gasteiger charge is -1.65. The fraction of sp³-hybridized carbons (Fsp3) is 0. The minimum Gasteiger partial charge on any atom is -0.366 e. The van der Waals surface area contributed by atoms with Gasteiger partial charge in [-0.2, -0.15) is 0 Å². The van der Waals surface area contributed by atoms with Gasteiger partial charge in [0.15, 0.2) is 0 Å². The zero-order valence-electron chi connectivity index (χ0n) is 3.18. The lowest BCUT2D eigenvalue weighted by molar-refractivity contribution is -0.113. The van der Waals surface area contributed by atoms with E-state index in [9.17, 15) is 4.79 Å². The summed E-state index contributed by atoms with van der Waals surface area (Å²) < 4.78 is 0. The molecule has 0 spiro atoms. The Kier molecular flexibility index (Phi) is 6.82. The van der Waals surface area contributed by atoms with Crippen molar-refractivity contribution in [1.29, 1.82) is 0 Å². The first-order chi connectivity index (χ1) is 2.27. The summed E-state index contributed by atoms with van der Waals surface area (Å²) in [5, 5.41) is 0. The number of primary amides is 1. The largest absolute Gasteiger partial charge is 0.366 e. The molecule has 0 rings (SSSR count). The highest BCUT2D eigenvalue weighted by Gasteiger charge is 1.69. The number of hydrogen-bond acceptors (Lipinski definition) is 1. The van der Waals surface area contributed by atoms with E-state index in [1.807, 2.05) is 0 Å². The van der Waals surface area contributed by atoms with Crippen LogP contribution in [-0.4, -0.2) is 5.91 Å². The summed E-state index contributed by atoms with van der Waals surface area (Å²) in [5.74, 6) is -0.481. The van der Waals surface area contributed by atoms with Crippen molar-refractivity contribution in [3.05, 3.63) is 12.7 Å². The summed E-state index contributed by atoms with van der Waals surface area (Å²) in [6.07, 6.45) is 1.06. The zero-order chi connectivity index (χ0) is 4.28. The van der Waals surface area contributed by atoms with Crippen LogP contribution >= 0.6 is 12.4 Å². The molecular weight excluding hydrogens is 101 g/mol. The van der Waals surface area contributed by atoms with Crippen LogP contribution in [0.3, 0.4) is 0 Å². The molecule has 1 amide bonds. The average Bonchev–Trinajstić information content (AvgIpc) is 1.38. The number of hydrogen-bond donors (Lipinski definition) is 1. The number of carbonyl (C=O) groups is 1. The summed E-state index contributed by atoms with van der Waals surface area (Å²) in [6, 6.07) is 0. The highest BCUT2D eigenvalue weighted by molar-refractivity contribution is 5.85. The molecule has 0 aliphatic carbocycles. The molecule has 0 aromatic rings. The molecule has 0 aliphatic heterocycles. The Balaban J connectivity index is 0. The SMILES string of the molecule is C=CC(N)=O.Cl. The van der Waals surface area contributed by atoms with Gasteiger partial charge in [-0.25, -0.2) is 0 Å². The number of carbonyl (C=O) groups excluding carboxylic acids is 1. The highest BCUT2D eigenvalue weighted by atomic mass is 35.5. The van der Waals surface area contributed by atoms with Gasteiger partial charge < -0.3 is 5.73 Å². The first-order valence-electron chi connectivity index (χ1n) is 1.19. The van der Waals surface area contributed by atoms with E-state index in [-0.39, 0.29) is 12.4 Å². The van der Waals surface area contributed by atoms with Crippen molar-refractivity contribution in [3.8, 4) is 0 Å². The topological polar surface area (TPSA) is 43.1 Å². The van der Waals surface area contributed by atoms with Gasteiger partial charge in [-0.05, 0) is 6.08 Å². The number of nitrogens with two attached hydrogens (primary N) is 1. The van der Waals surface area contributed by atoms with Crippen LogP contribution in [0, 0.1) is 0 Å². The summed E-state index contributed by atoms with van der Waals surface area (Å²) in [4.78, 5) is 9.47. The van der Waals surface area contributed by atoms with Crippen LogP contribution in [-0.2, 0) is 4.79 Å². The number of amides is 1. The molecule has 2 nitrogen and oxygen atoms in total. The van der Waals surface area contributed by atoms with Crippen molar-refractivity contribution in [3.63, 3.8) is 0 Å². The van der Waals surface area contributed by atoms with Crippen LogP contribution in [0.5, 0.6) is 0 Å². The van der Waals surface area contributed by atoms with Crippen molar-refractivity contribution < 1.29 is 4.79 Å². The zero-order valence-corrected chi connectivity index (χ0v) is 3.99. The van der Waals surface area contributed by atoms with E-state index < -0.39 is 5.91 Å². The molecule has 0 saturated heterocycles. The first-order valence-corrected chi connectivity index (χ1v) is 1.19. The average molecular weight is 108 g/mol. The normalized spacial score (nSPS) is 5.33. The molecule has 36 valence electrons. The molecule has 0 fully saturated rings. The van der Waals surface area contributed by atoms with Crippen LogP contribution in [0.25, 0.3) is 0 Å². The third-order valence-electron chi connectivity index (χ3n) is 0.201. The van der Waals surface area contributed by atoms with Gasteiger partial charge in [0.05, 0.1) is 0 Å². The molecule has 3 heteroatoms. The number of rotatable bonds is 1. The summed E-state index contributed by atoms with van der Waals surface area (Å²) in [5.41, 5.74) is 4.53. The number of halogens is 1. The van der Waals surface area contributed by atoms with Crippen LogP contribution in [0.2, 0.25) is 0 Å². The molecular formula is C3H6ClNO. The monoisotopic (exact) mass is 107 g/mol. The second-order valence-electron chi connectivity index (χ2n) is 0.606. The van der Waals surface area contributed by atoms with Crippen molar-refractivity contribution in [2.24, 2.45) is 5.73 Å². The van der Waals surface area contributed by atoms with Crippen LogP contribution < -0.4 is 5.73 Å². The van der Waals surface area contributed by atoms with Crippen LogP contribution in [0.4, 0.5) is 0 Å². The van der Waals surface area contributed by atoms with Gasteiger partial charge in [0.1, 0.15) is 0 Å². The van der Waals surface area contributed by atoms with Crippen molar-refractivity contribution in [2.75, 3.05) is 0 Å². The van der Waals surface area contributed by atoms with E-state index in [1.54, 1.807) is 0 Å². The molecule has 0 heterocycles. The molecule has 2 N–H and O–H groups in total. The Hall–Kier alpha value is -0.500. The summed E-state index contributed by atoms with van der Waals surface area (Å²) in [6.45, 7) is 3.09. The molecule has 0 atom stereocenters. The summed E-state index contributed by atoms with van der Waals surface area (Å²) >= 11 is 0. The van der Waals surface area contributed by atoms with Gasteiger partial charge in [0.2, 0.25) is 5.91 Å². The van der Waals surface area contributed by atoms with E-state index in [0.29, 0.717) is 0 Å². The minimum atomic E-state index is -0.481. The van der Waals surface area contributed by atoms with Crippen molar-refractivity contribution in [1.82, 2.24) is 0 Å². The minimum absolute atomic E-state index is 0. The smallest absolute Gasteiger partial charge is 0.240 e. The predicted molar refractivity (Wildman–Crippen MR) is 26.6 cm³/mol. The lowest BCUT2D eigenvalue weighted by Crippen LogP contribution is -2.04. The molecule has 0 aromatic heterocycles. The Morgan fingerprint density at radius 1 is 1.83 bits per heavy atom. The van der Waals surface area contributed by atoms with Gasteiger partial charge in [0, 0.05) is 0 Å². The maximum atomic E-state index is 9.47. The molecule has 0 aliphatic rings. The van der Waals surface area contributed by atoms with E-state index in [4.69, 9.17) is 0 Å². The van der Waals surface area contributed by atoms with Gasteiger partial charge in [0.25, 0.3) is 0 Å². The fourth-order valence-electron chi connectivity index (χ4n) is 0. The lowest BCUT2D eigenvalue weighted by atomic mass is 10.6. The quantitative estimate of drug-likeness (QED) is 0.474. The van der Waals surface area contributed by atoms with Gasteiger partial charge in [-0.15, -0.1) is 12.4 Å². The molecule has 0 aromatic carbocycles. The molecule has 0 radical (unpaired) electrons. The van der Waals surface area contributed by atoms with E-state index >= 15 is 0 Å². The van der Waals surface area contributed by atoms with Crippen molar-refractivity contribution in [2.45, 2.75) is 0 Å². The summed E-state index contributed by atoms with van der Waals surface area (Å²) in [7, 11) is 0. The standard InChI is InChI=1S/C3H5NO.ClH/c1-2-3(4)5;/h2H,1H2,(H2,4,5);1H. The Morgan fingerprint density at radius 2 is 2.00 bits per heavy atom. The molecule has 0 bridgehead atoms. The van der Waals surface area contributed by atoms with E-state index in [0.717, 1.165) is 6.08 Å². The maximum Gasteiger partial charge on any atom is 0.240 e. The second-order valence-corrected chi connectivity index (χ2v) is 0.606. The maximum absolute atomic E-state index is 9.47. The van der Waals surface area contributed by atoms with Crippen LogP contribution in [0.1, 0.15) is 0 Å². The van der Waals surface area contributed by atoms with E-state index in [2.05, 4.69) is 12.3 Å². The third kappa shape index (κ3) is 9.72. The second kappa shape index (κ2) is 4.50. The fourth-order valence-corrected chi connectivity index (χ4v) is 0. The Bertz CT molecular complexity index is 61.8. The van der Waals surface area contributed by atoms with Crippen LogP contribution in [0.15, 0.2) is 12.7 Å². The Morgan fingerprint density at radius 3 is 2.00 bits per heavy atom. The van der Waals surface area contributed by atoms with E-state index in [1.165, 1.54) is 0 Å².